The first-order chi connectivity index (χ1) is 17.2. The minimum absolute atomic E-state index is 0.0248. The van der Waals surface area contributed by atoms with E-state index in [4.69, 9.17) is 9.97 Å². The molecule has 0 saturated carbocycles. The van der Waals surface area contributed by atoms with E-state index < -0.39 is 17.9 Å². The zero-order chi connectivity index (χ0) is 25.4. The summed E-state index contributed by atoms with van der Waals surface area (Å²) in [6.45, 7) is 1.78. The minimum atomic E-state index is -4.51. The molecule has 184 valence electrons. The molecule has 4 aromatic rings. The molecule has 1 aromatic carbocycles. The van der Waals surface area contributed by atoms with Gasteiger partial charge in [-0.2, -0.15) is 13.2 Å². The number of rotatable bonds is 6. The van der Waals surface area contributed by atoms with Gasteiger partial charge >= 0.3 is 6.18 Å². The van der Waals surface area contributed by atoms with Crippen molar-refractivity contribution in [3.8, 4) is 11.5 Å². The van der Waals surface area contributed by atoms with E-state index in [1.54, 1.807) is 13.1 Å². The lowest BCUT2D eigenvalue weighted by Gasteiger charge is -2.27. The first-order valence-corrected chi connectivity index (χ1v) is 11.7. The lowest BCUT2D eigenvalue weighted by atomic mass is 10.0. The summed E-state index contributed by atoms with van der Waals surface area (Å²) in [7, 11) is 1.81. The highest BCUT2D eigenvalue weighted by molar-refractivity contribution is 5.89. The van der Waals surface area contributed by atoms with E-state index in [1.165, 1.54) is 6.07 Å². The van der Waals surface area contributed by atoms with E-state index in [9.17, 15) is 18.0 Å². The van der Waals surface area contributed by atoms with Crippen LogP contribution in [0.4, 0.5) is 19.0 Å². The largest absolute Gasteiger partial charge is 0.433 e. The fourth-order valence-electron chi connectivity index (χ4n) is 4.47. The van der Waals surface area contributed by atoms with Crippen molar-refractivity contribution in [3.05, 3.63) is 77.4 Å². The molecule has 0 spiro atoms. The van der Waals surface area contributed by atoms with Crippen molar-refractivity contribution in [2.75, 3.05) is 11.9 Å². The smallest absolute Gasteiger partial charge is 0.350 e. The van der Waals surface area contributed by atoms with Crippen LogP contribution in [0.1, 0.15) is 35.9 Å². The number of hydrogen-bond acceptors (Lipinski definition) is 6. The van der Waals surface area contributed by atoms with E-state index in [2.05, 4.69) is 9.97 Å². The number of likely N-dealkylation sites (N-methyl/N-ethyl adjacent to an activating group) is 1. The van der Waals surface area contributed by atoms with Gasteiger partial charge in [-0.15, -0.1) is 0 Å². The molecule has 1 aliphatic rings. The maximum absolute atomic E-state index is 13.1. The van der Waals surface area contributed by atoms with Crippen LogP contribution in [0.2, 0.25) is 0 Å². The third-order valence-corrected chi connectivity index (χ3v) is 6.65. The molecule has 0 radical (unpaired) electrons. The third-order valence-electron chi connectivity index (χ3n) is 6.65. The number of alkyl halides is 3. The van der Waals surface area contributed by atoms with Crippen LogP contribution in [0.15, 0.2) is 54.9 Å². The molecule has 0 amide bonds. The van der Waals surface area contributed by atoms with E-state index in [0.29, 0.717) is 22.9 Å². The van der Waals surface area contributed by atoms with Crippen molar-refractivity contribution < 1.29 is 18.0 Å². The monoisotopic (exact) mass is 491 g/mol. The van der Waals surface area contributed by atoms with Crippen molar-refractivity contribution in [1.82, 2.24) is 19.9 Å². The number of aromatic nitrogens is 4. The molecule has 36 heavy (non-hydrogen) atoms. The van der Waals surface area contributed by atoms with Crippen LogP contribution in [0.5, 0.6) is 0 Å². The first kappa shape index (κ1) is 23.8. The van der Waals surface area contributed by atoms with Gasteiger partial charge in [0.2, 0.25) is 0 Å². The lowest BCUT2D eigenvalue weighted by Crippen LogP contribution is -2.38. The van der Waals surface area contributed by atoms with Crippen LogP contribution in [0.3, 0.4) is 0 Å². The van der Waals surface area contributed by atoms with E-state index >= 15 is 0 Å². The summed E-state index contributed by atoms with van der Waals surface area (Å²) in [6, 6.07) is 11.5. The van der Waals surface area contributed by atoms with Crippen LogP contribution in [-0.4, -0.2) is 38.8 Å². The van der Waals surface area contributed by atoms with Gasteiger partial charge in [0.1, 0.15) is 17.2 Å². The van der Waals surface area contributed by atoms with Crippen molar-refractivity contribution in [1.29, 1.82) is 0 Å². The summed E-state index contributed by atoms with van der Waals surface area (Å²) in [5, 5.41) is 2.06. The van der Waals surface area contributed by atoms with Gasteiger partial charge in [-0.25, -0.2) is 9.97 Å². The number of carbonyl (C=O) groups is 1. The number of fused-ring (bicyclic) bond motifs is 2. The van der Waals surface area contributed by atoms with Gasteiger partial charge in [-0.05, 0) is 49.3 Å². The number of benzene rings is 1. The SMILES string of the molecule is C[C@H](C(=O)Cc1ccc(C(F)(F)F)nc1)N(C)c1nc(-c2cc3ccccc3cn2)nc2c1CCC2. The number of carbonyl (C=O) groups excluding carboxylic acids is 1. The maximum atomic E-state index is 13.1. The van der Waals surface area contributed by atoms with E-state index in [1.807, 2.05) is 42.3 Å². The van der Waals surface area contributed by atoms with Gasteiger partial charge in [0.25, 0.3) is 0 Å². The number of Topliss-reactive ketones (excluding diaryl/α,β-unsaturated/α-hetero) is 1. The Hall–Kier alpha value is -3.88. The molecule has 0 N–H and O–H groups in total. The van der Waals surface area contributed by atoms with Crippen molar-refractivity contribution in [2.24, 2.45) is 0 Å². The first-order valence-electron chi connectivity index (χ1n) is 11.7. The summed E-state index contributed by atoms with van der Waals surface area (Å²) < 4.78 is 38.4. The number of pyridine rings is 2. The molecule has 6 nitrogen and oxygen atoms in total. The van der Waals surface area contributed by atoms with Crippen LogP contribution >= 0.6 is 0 Å². The Morgan fingerprint density at radius 1 is 1.03 bits per heavy atom. The van der Waals surface area contributed by atoms with Crippen LogP contribution in [0.25, 0.3) is 22.3 Å². The summed E-state index contributed by atoms with van der Waals surface area (Å²) in [4.78, 5) is 32.5. The molecule has 3 heterocycles. The molecule has 1 atom stereocenters. The summed E-state index contributed by atoms with van der Waals surface area (Å²) in [6.07, 6.45) is 0.986. The van der Waals surface area contributed by atoms with Gasteiger partial charge in [-0.1, -0.05) is 30.3 Å². The molecule has 5 rings (SSSR count). The molecule has 0 fully saturated rings. The van der Waals surface area contributed by atoms with E-state index in [-0.39, 0.29) is 12.2 Å². The predicted molar refractivity (Wildman–Crippen MR) is 131 cm³/mol. The predicted octanol–water partition coefficient (Wildman–Crippen LogP) is 5.23. The highest BCUT2D eigenvalue weighted by atomic mass is 19.4. The van der Waals surface area contributed by atoms with Crippen molar-refractivity contribution >= 4 is 22.4 Å². The number of ketones is 1. The number of hydrogen-bond donors (Lipinski definition) is 0. The Morgan fingerprint density at radius 3 is 2.53 bits per heavy atom. The van der Waals surface area contributed by atoms with Crippen molar-refractivity contribution in [3.63, 3.8) is 0 Å². The molecular formula is C27H24F3N5O. The van der Waals surface area contributed by atoms with Gasteiger partial charge in [-0.3, -0.25) is 14.8 Å². The molecular weight excluding hydrogens is 467 g/mol. The minimum Gasteiger partial charge on any atom is -0.350 e. The topological polar surface area (TPSA) is 71.9 Å². The van der Waals surface area contributed by atoms with Gasteiger partial charge in [0.15, 0.2) is 11.6 Å². The number of halogens is 3. The Labute approximate surface area is 206 Å². The number of aryl methyl sites for hydroxylation is 1. The number of anilines is 1. The van der Waals surface area contributed by atoms with Crippen LogP contribution in [-0.2, 0) is 30.2 Å². The summed E-state index contributed by atoms with van der Waals surface area (Å²) in [5.74, 6) is 1.05. The molecule has 9 heteroatoms. The van der Waals surface area contributed by atoms with Gasteiger partial charge < -0.3 is 4.90 Å². The summed E-state index contributed by atoms with van der Waals surface area (Å²) in [5.41, 5.74) is 2.10. The fraction of sp³-hybridized carbons (Fsp3) is 0.296. The molecule has 0 aliphatic heterocycles. The Morgan fingerprint density at radius 2 is 1.81 bits per heavy atom. The zero-order valence-electron chi connectivity index (χ0n) is 19.9. The molecule has 3 aromatic heterocycles. The number of nitrogens with zero attached hydrogens (tertiary/aromatic N) is 5. The average Bonchev–Trinajstić information content (AvgIpc) is 3.35. The maximum Gasteiger partial charge on any atom is 0.433 e. The second-order valence-electron chi connectivity index (χ2n) is 9.05. The normalized spacial score (nSPS) is 14.0. The third kappa shape index (κ3) is 4.65. The standard InChI is InChI=1S/C27H24F3N5O/c1-16(23(36)12-17-10-11-24(32-14-17)27(28,29)30)35(2)26-20-8-5-9-21(20)33-25(34-26)22-13-18-6-3-4-7-19(18)15-31-22/h3-4,6-7,10-11,13-16H,5,8-9,12H2,1-2H3/t16-/m1/s1. The van der Waals surface area contributed by atoms with Crippen molar-refractivity contribution in [2.45, 2.75) is 44.8 Å². The second kappa shape index (κ2) is 9.29. The highest BCUT2D eigenvalue weighted by Crippen LogP contribution is 2.32. The molecule has 0 unspecified atom stereocenters. The molecule has 0 bridgehead atoms. The van der Waals surface area contributed by atoms with Gasteiger partial charge in [0.05, 0.1) is 6.04 Å². The Balaban J connectivity index is 1.41. The molecule has 0 saturated heterocycles. The summed E-state index contributed by atoms with van der Waals surface area (Å²) >= 11 is 0. The van der Waals surface area contributed by atoms with Gasteiger partial charge in [0, 0.05) is 42.5 Å². The van der Waals surface area contributed by atoms with E-state index in [0.717, 1.165) is 53.6 Å². The Bertz CT molecular complexity index is 1440. The quantitative estimate of drug-likeness (QED) is 0.368. The van der Waals surface area contributed by atoms with Crippen LogP contribution in [0, 0.1) is 0 Å². The average molecular weight is 492 g/mol. The Kier molecular flexibility index (Phi) is 6.15. The second-order valence-corrected chi connectivity index (χ2v) is 9.05. The molecule has 1 aliphatic carbocycles. The lowest BCUT2D eigenvalue weighted by molar-refractivity contribution is -0.141. The fourth-order valence-corrected chi connectivity index (χ4v) is 4.47. The van der Waals surface area contributed by atoms with Crippen LogP contribution < -0.4 is 4.90 Å². The zero-order valence-corrected chi connectivity index (χ0v) is 19.9. The highest BCUT2D eigenvalue weighted by Gasteiger charge is 2.32.